The van der Waals surface area contributed by atoms with Gasteiger partial charge in [-0.15, -0.1) is 0 Å². The third kappa shape index (κ3) is 3.95. The lowest BCUT2D eigenvalue weighted by atomic mass is 9.91. The molecule has 0 spiro atoms. The topological polar surface area (TPSA) is 35.9 Å². The summed E-state index contributed by atoms with van der Waals surface area (Å²) in [4.78, 5) is 21.4. The van der Waals surface area contributed by atoms with E-state index in [9.17, 15) is 9.18 Å². The molecule has 3 aliphatic heterocycles. The molecule has 1 saturated heterocycles. The summed E-state index contributed by atoms with van der Waals surface area (Å²) in [7, 11) is 0. The van der Waals surface area contributed by atoms with E-state index in [1.54, 1.807) is 23.9 Å². The van der Waals surface area contributed by atoms with E-state index in [1.807, 2.05) is 11.0 Å². The Bertz CT molecular complexity index is 748. The van der Waals surface area contributed by atoms with Crippen molar-refractivity contribution in [1.29, 1.82) is 0 Å². The highest BCUT2D eigenvalue weighted by atomic mass is 32.2. The zero-order valence-corrected chi connectivity index (χ0v) is 15.7. The minimum Gasteiger partial charge on any atom is -0.342 e. The van der Waals surface area contributed by atoms with Crippen molar-refractivity contribution in [3.05, 3.63) is 46.8 Å². The molecule has 3 heterocycles. The van der Waals surface area contributed by atoms with Gasteiger partial charge in [-0.3, -0.25) is 9.79 Å². The maximum absolute atomic E-state index is 13.3. The van der Waals surface area contributed by atoms with Crippen LogP contribution in [-0.2, 0) is 11.2 Å². The number of nitrogens with zero attached hydrogens (tertiary/aromatic N) is 3. The van der Waals surface area contributed by atoms with Gasteiger partial charge >= 0.3 is 0 Å². The molecule has 4 nitrogen and oxygen atoms in total. The Hall–Kier alpha value is -1.82. The number of benzene rings is 1. The number of thioether (sulfide) groups is 1. The van der Waals surface area contributed by atoms with Crippen molar-refractivity contribution in [2.24, 2.45) is 10.9 Å². The maximum Gasteiger partial charge on any atom is 0.228 e. The third-order valence-corrected chi connectivity index (χ3v) is 6.33. The van der Waals surface area contributed by atoms with Gasteiger partial charge in [-0.25, -0.2) is 4.39 Å². The fourth-order valence-electron chi connectivity index (χ4n) is 3.97. The van der Waals surface area contributed by atoms with Crippen LogP contribution >= 0.6 is 11.8 Å². The largest absolute Gasteiger partial charge is 0.342 e. The SMILES string of the molecule is O=C(CC1=CSC2=NCCN12)N1CCCC(CCc2cccc(F)c2)C1. The first kappa shape index (κ1) is 17.6. The van der Waals surface area contributed by atoms with Crippen molar-refractivity contribution in [2.75, 3.05) is 26.2 Å². The third-order valence-electron chi connectivity index (χ3n) is 5.38. The normalized spacial score (nSPS) is 22.3. The van der Waals surface area contributed by atoms with Gasteiger partial charge in [-0.2, -0.15) is 0 Å². The summed E-state index contributed by atoms with van der Waals surface area (Å²) in [6.45, 7) is 3.42. The van der Waals surface area contributed by atoms with Gasteiger partial charge in [0, 0.05) is 25.3 Å². The van der Waals surface area contributed by atoms with Gasteiger partial charge in [0.1, 0.15) is 5.82 Å². The molecule has 0 bridgehead atoms. The van der Waals surface area contributed by atoms with Crippen LogP contribution in [0.4, 0.5) is 4.39 Å². The summed E-state index contributed by atoms with van der Waals surface area (Å²) < 4.78 is 13.3. The van der Waals surface area contributed by atoms with E-state index in [1.165, 1.54) is 6.07 Å². The smallest absolute Gasteiger partial charge is 0.228 e. The van der Waals surface area contributed by atoms with Crippen LogP contribution < -0.4 is 0 Å². The average Bonchev–Trinajstić information content (AvgIpc) is 3.25. The Morgan fingerprint density at radius 1 is 1.35 bits per heavy atom. The van der Waals surface area contributed by atoms with Crippen LogP contribution in [0.2, 0.25) is 0 Å². The molecule has 1 unspecified atom stereocenters. The molecule has 26 heavy (non-hydrogen) atoms. The lowest BCUT2D eigenvalue weighted by Crippen LogP contribution is -2.40. The van der Waals surface area contributed by atoms with Crippen LogP contribution in [-0.4, -0.2) is 47.1 Å². The Balaban J connectivity index is 1.29. The minimum absolute atomic E-state index is 0.171. The van der Waals surface area contributed by atoms with Crippen LogP contribution in [0, 0.1) is 11.7 Å². The van der Waals surface area contributed by atoms with E-state index in [-0.39, 0.29) is 11.7 Å². The minimum atomic E-state index is -0.171. The zero-order valence-electron chi connectivity index (χ0n) is 14.9. The van der Waals surface area contributed by atoms with E-state index in [0.717, 1.165) is 68.3 Å². The summed E-state index contributed by atoms with van der Waals surface area (Å²) in [5.74, 6) is 0.558. The molecule has 0 radical (unpaired) electrons. The fourth-order valence-corrected chi connectivity index (χ4v) is 4.93. The van der Waals surface area contributed by atoms with Crippen LogP contribution in [0.15, 0.2) is 40.4 Å². The summed E-state index contributed by atoms with van der Waals surface area (Å²) in [6, 6.07) is 6.85. The number of rotatable bonds is 5. The molecule has 0 aliphatic carbocycles. The molecule has 6 heteroatoms. The number of piperidine rings is 1. The van der Waals surface area contributed by atoms with Gasteiger partial charge in [0.15, 0.2) is 5.17 Å². The number of hydrogen-bond acceptors (Lipinski definition) is 4. The lowest BCUT2D eigenvalue weighted by molar-refractivity contribution is -0.132. The number of halogens is 1. The number of amides is 1. The van der Waals surface area contributed by atoms with E-state index in [4.69, 9.17) is 0 Å². The quantitative estimate of drug-likeness (QED) is 0.790. The van der Waals surface area contributed by atoms with E-state index in [0.29, 0.717) is 12.3 Å². The Morgan fingerprint density at radius 3 is 3.15 bits per heavy atom. The van der Waals surface area contributed by atoms with E-state index >= 15 is 0 Å². The Kier molecular flexibility index (Phi) is 5.29. The van der Waals surface area contributed by atoms with Gasteiger partial charge in [0.05, 0.1) is 13.0 Å². The van der Waals surface area contributed by atoms with Gasteiger partial charge in [0.2, 0.25) is 5.91 Å². The van der Waals surface area contributed by atoms with E-state index < -0.39 is 0 Å². The fraction of sp³-hybridized carbons (Fsp3) is 0.500. The molecule has 1 fully saturated rings. The molecule has 1 amide bonds. The predicted molar refractivity (Wildman–Crippen MR) is 103 cm³/mol. The van der Waals surface area contributed by atoms with Crippen LogP contribution in [0.1, 0.15) is 31.2 Å². The predicted octanol–water partition coefficient (Wildman–Crippen LogP) is 3.65. The summed E-state index contributed by atoms with van der Waals surface area (Å²) in [5.41, 5.74) is 2.14. The van der Waals surface area contributed by atoms with Crippen molar-refractivity contribution in [1.82, 2.24) is 9.80 Å². The molecule has 138 valence electrons. The number of likely N-dealkylation sites (tertiary alicyclic amines) is 1. The average molecular weight is 373 g/mol. The standard InChI is InChI=1S/C20H24FN3OS/c21-17-5-1-3-15(11-17)6-7-16-4-2-9-23(13-16)19(25)12-18-14-26-20-22-8-10-24(18)20/h1,3,5,11,14,16H,2,4,6-10,12-13H2. The molecular formula is C20H24FN3OS. The number of amidine groups is 1. The van der Waals surface area contributed by atoms with Crippen LogP contribution in [0.3, 0.4) is 0 Å². The van der Waals surface area contributed by atoms with Crippen molar-refractivity contribution in [3.63, 3.8) is 0 Å². The van der Waals surface area contributed by atoms with Gasteiger partial charge < -0.3 is 9.80 Å². The van der Waals surface area contributed by atoms with Crippen molar-refractivity contribution in [3.8, 4) is 0 Å². The second-order valence-corrected chi connectivity index (χ2v) is 8.07. The van der Waals surface area contributed by atoms with Crippen LogP contribution in [0.5, 0.6) is 0 Å². The Labute approximate surface area is 158 Å². The summed E-state index contributed by atoms with van der Waals surface area (Å²) >= 11 is 1.63. The number of hydrogen-bond donors (Lipinski definition) is 0. The van der Waals surface area contributed by atoms with Crippen molar-refractivity contribution >= 4 is 22.8 Å². The second kappa shape index (κ2) is 7.82. The van der Waals surface area contributed by atoms with Crippen LogP contribution in [0.25, 0.3) is 0 Å². The monoisotopic (exact) mass is 373 g/mol. The summed E-state index contributed by atoms with van der Waals surface area (Å²) in [6.07, 6.45) is 4.57. The first-order valence-corrected chi connectivity index (χ1v) is 10.3. The second-order valence-electron chi connectivity index (χ2n) is 7.24. The van der Waals surface area contributed by atoms with Crippen molar-refractivity contribution < 1.29 is 9.18 Å². The highest BCUT2D eigenvalue weighted by Crippen LogP contribution is 2.32. The molecular weight excluding hydrogens is 349 g/mol. The van der Waals surface area contributed by atoms with Gasteiger partial charge in [-0.05, 0) is 54.7 Å². The van der Waals surface area contributed by atoms with Crippen molar-refractivity contribution in [2.45, 2.75) is 32.1 Å². The summed E-state index contributed by atoms with van der Waals surface area (Å²) in [5, 5.41) is 3.11. The first-order chi connectivity index (χ1) is 12.7. The molecule has 1 atom stereocenters. The molecule has 1 aromatic rings. The molecule has 0 N–H and O–H groups in total. The highest BCUT2D eigenvalue weighted by molar-refractivity contribution is 8.16. The molecule has 3 aliphatic rings. The molecule has 0 aromatic heterocycles. The molecule has 4 rings (SSSR count). The first-order valence-electron chi connectivity index (χ1n) is 9.39. The Morgan fingerprint density at radius 2 is 2.27 bits per heavy atom. The molecule has 1 aromatic carbocycles. The van der Waals surface area contributed by atoms with E-state index in [2.05, 4.69) is 15.3 Å². The number of aryl methyl sites for hydroxylation is 1. The highest BCUT2D eigenvalue weighted by Gasteiger charge is 2.30. The van der Waals surface area contributed by atoms with Gasteiger partial charge in [0.25, 0.3) is 0 Å². The van der Waals surface area contributed by atoms with Gasteiger partial charge in [-0.1, -0.05) is 23.9 Å². The maximum atomic E-state index is 13.3. The number of fused-ring (bicyclic) bond motifs is 1. The number of aliphatic imine (C=N–C) groups is 1. The lowest BCUT2D eigenvalue weighted by Gasteiger charge is -2.33. The number of carbonyl (C=O) groups excluding carboxylic acids is 1. The molecule has 0 saturated carbocycles. The zero-order chi connectivity index (χ0) is 17.9. The number of carbonyl (C=O) groups is 1.